The molecule has 1 aliphatic carbocycles. The van der Waals surface area contributed by atoms with E-state index in [1.54, 1.807) is 6.07 Å². The van der Waals surface area contributed by atoms with Crippen LogP contribution < -0.4 is 4.74 Å². The van der Waals surface area contributed by atoms with Crippen molar-refractivity contribution in [3.8, 4) is 5.75 Å². The highest BCUT2D eigenvalue weighted by molar-refractivity contribution is 8.00. The van der Waals surface area contributed by atoms with Gasteiger partial charge in [0.15, 0.2) is 11.0 Å². The molecule has 2 heterocycles. The zero-order valence-electron chi connectivity index (χ0n) is 17.5. The summed E-state index contributed by atoms with van der Waals surface area (Å²) in [5, 5.41) is 9.92. The highest BCUT2D eigenvalue weighted by Crippen LogP contribution is 2.40. The SMILES string of the molecule is CCN1CCN(C(=O)C(C)Sc2nnc(COc3ccccc3Cl)n2C2CC2)CC1. The van der Waals surface area contributed by atoms with Crippen LogP contribution in [0.15, 0.2) is 29.4 Å². The molecule has 9 heteroatoms. The van der Waals surface area contributed by atoms with Gasteiger partial charge in [-0.05, 0) is 38.4 Å². The average Bonchev–Trinajstić information content (AvgIpc) is 3.53. The Bertz CT molecular complexity index is 880. The van der Waals surface area contributed by atoms with Crippen LogP contribution in [0.1, 0.15) is 38.6 Å². The molecule has 1 aromatic heterocycles. The minimum atomic E-state index is -0.197. The maximum atomic E-state index is 12.9. The van der Waals surface area contributed by atoms with Gasteiger partial charge < -0.3 is 14.5 Å². The molecule has 2 aromatic rings. The molecule has 2 aliphatic rings. The number of thioether (sulfide) groups is 1. The molecule has 4 rings (SSSR count). The molecule has 2 fully saturated rings. The second-order valence-corrected chi connectivity index (χ2v) is 9.45. The smallest absolute Gasteiger partial charge is 0.235 e. The first-order chi connectivity index (χ1) is 14.6. The molecule has 1 amide bonds. The number of hydrogen-bond acceptors (Lipinski definition) is 6. The van der Waals surface area contributed by atoms with Gasteiger partial charge in [0.05, 0.1) is 10.3 Å². The summed E-state index contributed by atoms with van der Waals surface area (Å²) in [5.41, 5.74) is 0. The van der Waals surface area contributed by atoms with E-state index in [1.165, 1.54) is 11.8 Å². The summed E-state index contributed by atoms with van der Waals surface area (Å²) in [7, 11) is 0. The zero-order chi connectivity index (χ0) is 21.1. The van der Waals surface area contributed by atoms with Crippen molar-refractivity contribution in [1.29, 1.82) is 0 Å². The fourth-order valence-electron chi connectivity index (χ4n) is 3.64. The van der Waals surface area contributed by atoms with Crippen LogP contribution in [-0.4, -0.2) is 68.4 Å². The minimum absolute atomic E-state index is 0.176. The molecule has 30 heavy (non-hydrogen) atoms. The van der Waals surface area contributed by atoms with Crippen molar-refractivity contribution in [3.63, 3.8) is 0 Å². The predicted molar refractivity (Wildman–Crippen MR) is 118 cm³/mol. The van der Waals surface area contributed by atoms with E-state index in [-0.39, 0.29) is 11.2 Å². The predicted octanol–water partition coefficient (Wildman–Crippen LogP) is 3.49. The second-order valence-electron chi connectivity index (χ2n) is 7.74. The number of ether oxygens (including phenoxy) is 1. The van der Waals surface area contributed by atoms with Gasteiger partial charge in [-0.1, -0.05) is 42.4 Å². The first-order valence-electron chi connectivity index (χ1n) is 10.6. The van der Waals surface area contributed by atoms with Crippen molar-refractivity contribution >= 4 is 29.3 Å². The van der Waals surface area contributed by atoms with E-state index in [2.05, 4.69) is 26.6 Å². The molecule has 162 valence electrons. The van der Waals surface area contributed by atoms with Crippen LogP contribution in [-0.2, 0) is 11.4 Å². The van der Waals surface area contributed by atoms with Gasteiger partial charge in [0.1, 0.15) is 12.4 Å². The number of rotatable bonds is 8. The summed E-state index contributed by atoms with van der Waals surface area (Å²) in [6.45, 7) is 8.94. The number of halogens is 1. The Morgan fingerprint density at radius 3 is 2.63 bits per heavy atom. The summed E-state index contributed by atoms with van der Waals surface area (Å²) >= 11 is 7.68. The molecule has 1 atom stereocenters. The molecular formula is C21H28ClN5O2S. The Hall–Kier alpha value is -1.77. The number of carbonyl (C=O) groups excluding carboxylic acids is 1. The van der Waals surface area contributed by atoms with Gasteiger partial charge in [0.2, 0.25) is 5.91 Å². The molecule has 0 N–H and O–H groups in total. The Morgan fingerprint density at radius 1 is 1.23 bits per heavy atom. The number of likely N-dealkylation sites (N-methyl/N-ethyl adjacent to an activating group) is 1. The van der Waals surface area contributed by atoms with E-state index in [0.29, 0.717) is 23.4 Å². The van der Waals surface area contributed by atoms with E-state index in [1.807, 2.05) is 30.0 Å². The number of para-hydroxylation sites is 1. The summed E-state index contributed by atoms with van der Waals surface area (Å²) in [6.07, 6.45) is 2.21. The molecular weight excluding hydrogens is 422 g/mol. The van der Waals surface area contributed by atoms with Crippen molar-refractivity contribution in [2.45, 2.75) is 49.7 Å². The standard InChI is InChI=1S/C21H28ClN5O2S/c1-3-25-10-12-26(13-11-25)20(28)15(2)30-21-24-23-19(27(21)16-8-9-16)14-29-18-7-5-4-6-17(18)22/h4-7,15-16H,3,8-14H2,1-2H3. The number of aromatic nitrogens is 3. The van der Waals surface area contributed by atoms with Crippen molar-refractivity contribution in [2.24, 2.45) is 0 Å². The third-order valence-corrected chi connectivity index (χ3v) is 6.96. The van der Waals surface area contributed by atoms with Crippen molar-refractivity contribution in [3.05, 3.63) is 35.1 Å². The van der Waals surface area contributed by atoms with Gasteiger partial charge in [-0.25, -0.2) is 0 Å². The maximum absolute atomic E-state index is 12.9. The lowest BCUT2D eigenvalue weighted by molar-refractivity contribution is -0.132. The molecule has 1 saturated carbocycles. The van der Waals surface area contributed by atoms with Crippen LogP contribution in [0.25, 0.3) is 0 Å². The molecule has 1 saturated heterocycles. The van der Waals surface area contributed by atoms with Crippen LogP contribution in [0.4, 0.5) is 0 Å². The molecule has 0 spiro atoms. The Labute approximate surface area is 186 Å². The monoisotopic (exact) mass is 449 g/mol. The lowest BCUT2D eigenvalue weighted by atomic mass is 10.3. The largest absolute Gasteiger partial charge is 0.484 e. The van der Waals surface area contributed by atoms with Crippen LogP contribution in [0.2, 0.25) is 5.02 Å². The third-order valence-electron chi connectivity index (χ3n) is 5.60. The third kappa shape index (κ3) is 4.92. The number of amides is 1. The maximum Gasteiger partial charge on any atom is 0.235 e. The Morgan fingerprint density at radius 2 is 1.97 bits per heavy atom. The topological polar surface area (TPSA) is 63.5 Å². The van der Waals surface area contributed by atoms with Gasteiger partial charge in [0.25, 0.3) is 0 Å². The number of piperazine rings is 1. The Balaban J connectivity index is 1.40. The molecule has 0 radical (unpaired) electrons. The van der Waals surface area contributed by atoms with Crippen LogP contribution in [0.5, 0.6) is 5.75 Å². The average molecular weight is 450 g/mol. The van der Waals surface area contributed by atoms with Crippen molar-refractivity contribution in [2.75, 3.05) is 32.7 Å². The summed E-state index contributed by atoms with van der Waals surface area (Å²) in [5.74, 6) is 1.58. The molecule has 0 bridgehead atoms. The van der Waals surface area contributed by atoms with Gasteiger partial charge in [-0.2, -0.15) is 0 Å². The van der Waals surface area contributed by atoms with Crippen LogP contribution in [0.3, 0.4) is 0 Å². The second kappa shape index (κ2) is 9.58. The minimum Gasteiger partial charge on any atom is -0.484 e. The van der Waals surface area contributed by atoms with Gasteiger partial charge >= 0.3 is 0 Å². The first kappa shape index (κ1) is 21.5. The number of nitrogens with zero attached hydrogens (tertiary/aromatic N) is 5. The van der Waals surface area contributed by atoms with Crippen LogP contribution >= 0.6 is 23.4 Å². The van der Waals surface area contributed by atoms with E-state index in [0.717, 1.165) is 56.5 Å². The molecule has 1 aliphatic heterocycles. The number of hydrogen-bond donors (Lipinski definition) is 0. The first-order valence-corrected chi connectivity index (χ1v) is 11.8. The highest BCUT2D eigenvalue weighted by atomic mass is 35.5. The van der Waals surface area contributed by atoms with Crippen molar-refractivity contribution in [1.82, 2.24) is 24.6 Å². The van der Waals surface area contributed by atoms with E-state index in [4.69, 9.17) is 16.3 Å². The zero-order valence-corrected chi connectivity index (χ0v) is 19.0. The summed E-state index contributed by atoms with van der Waals surface area (Å²) in [4.78, 5) is 17.3. The molecule has 1 aromatic carbocycles. The van der Waals surface area contributed by atoms with Gasteiger partial charge in [0, 0.05) is 32.2 Å². The number of benzene rings is 1. The van der Waals surface area contributed by atoms with E-state index < -0.39 is 0 Å². The van der Waals surface area contributed by atoms with Gasteiger partial charge in [-0.15, -0.1) is 10.2 Å². The highest BCUT2D eigenvalue weighted by Gasteiger charge is 2.32. The number of carbonyl (C=O) groups is 1. The summed E-state index contributed by atoms with van der Waals surface area (Å²) < 4.78 is 8.02. The fraction of sp³-hybridized carbons (Fsp3) is 0.571. The van der Waals surface area contributed by atoms with Crippen molar-refractivity contribution < 1.29 is 9.53 Å². The van der Waals surface area contributed by atoms with E-state index >= 15 is 0 Å². The van der Waals surface area contributed by atoms with Crippen LogP contribution in [0, 0.1) is 0 Å². The lowest BCUT2D eigenvalue weighted by Gasteiger charge is -2.35. The lowest BCUT2D eigenvalue weighted by Crippen LogP contribution is -2.50. The van der Waals surface area contributed by atoms with E-state index in [9.17, 15) is 4.79 Å². The molecule has 1 unspecified atom stereocenters. The Kier molecular flexibility index (Phi) is 6.85. The van der Waals surface area contributed by atoms with Gasteiger partial charge in [-0.3, -0.25) is 9.36 Å². The molecule has 7 nitrogen and oxygen atoms in total. The normalized spacial score (nSPS) is 18.4. The quantitative estimate of drug-likeness (QED) is 0.575. The fourth-order valence-corrected chi connectivity index (χ4v) is 4.85. The summed E-state index contributed by atoms with van der Waals surface area (Å²) in [6, 6.07) is 7.80.